The number of nitrogens with two attached hydrogens (primary N) is 2. The lowest BCUT2D eigenvalue weighted by molar-refractivity contribution is -0.161. The topological polar surface area (TPSA) is 245 Å². The zero-order valence-electron chi connectivity index (χ0n) is 19.1. The summed E-state index contributed by atoms with van der Waals surface area (Å²) in [5, 5.41) is 14.3. The smallest absolute Gasteiger partial charge is 0.410 e. The number of thiazole rings is 1. The van der Waals surface area contributed by atoms with Crippen LogP contribution in [-0.2, 0) is 34.3 Å². The number of carbonyl (C=O) groups is 4. The number of aliphatic carboxylic acids is 1. The van der Waals surface area contributed by atoms with Crippen molar-refractivity contribution >= 4 is 56.2 Å². The summed E-state index contributed by atoms with van der Waals surface area (Å²) in [5.41, 5.74) is 8.79. The molecule has 1 aromatic heterocycles. The molecule has 16 nitrogen and oxygen atoms in total. The Bertz CT molecular complexity index is 1210. The van der Waals surface area contributed by atoms with Gasteiger partial charge in [-0.3, -0.25) is 14.1 Å². The first-order chi connectivity index (χ1) is 16.7. The predicted octanol–water partition coefficient (Wildman–Crippen LogP) is -1.32. The SMILES string of the molecule is CC(C)(O/N=C(\C(=O)C[C@@H]1C(=O)N(S(=O)(=O)O)[C@@H]1CN1C[C@@H](CN)OC1=O)c1csc(N)n1)C(=O)O. The standard InChI is InChI=1S/C18H24N6O10S2/c1-18(2,15(27)28)34-22-13(10-7-35-16(20)21-10)12(25)3-9-11(24(14(9)26)36(30,31)32)6-23-5-8(4-19)33-17(23)29/h7-9,11H,3-6,19H2,1-2H3,(H2,20,21)(H,27,28)(H,30,31,32)/b22-13-/t8-,9+,11-/m1/s1. The lowest BCUT2D eigenvalue weighted by Gasteiger charge is -2.45. The summed E-state index contributed by atoms with van der Waals surface area (Å²) in [6.45, 7) is 2.05. The van der Waals surface area contributed by atoms with E-state index < -0.39 is 69.9 Å². The third-order valence-corrected chi connectivity index (χ3v) is 7.10. The van der Waals surface area contributed by atoms with E-state index in [-0.39, 0.29) is 34.8 Å². The maximum atomic E-state index is 13.2. The third-order valence-electron chi connectivity index (χ3n) is 5.48. The summed E-state index contributed by atoms with van der Waals surface area (Å²) < 4.78 is 38.2. The number of amides is 2. The van der Waals surface area contributed by atoms with E-state index in [0.29, 0.717) is 0 Å². The van der Waals surface area contributed by atoms with E-state index in [1.807, 2.05) is 0 Å². The molecule has 0 aromatic carbocycles. The molecule has 2 aliphatic rings. The Morgan fingerprint density at radius 1 is 1.39 bits per heavy atom. The Labute approximate surface area is 208 Å². The first-order valence-corrected chi connectivity index (χ1v) is 12.6. The Morgan fingerprint density at radius 2 is 2.06 bits per heavy atom. The molecule has 0 bridgehead atoms. The normalized spacial score (nSPS) is 22.9. The fourth-order valence-corrected chi connectivity index (χ4v) is 4.95. The fourth-order valence-electron chi connectivity index (χ4n) is 3.49. The van der Waals surface area contributed by atoms with Gasteiger partial charge in [0.15, 0.2) is 16.6 Å². The van der Waals surface area contributed by atoms with Gasteiger partial charge in [0.2, 0.25) is 11.5 Å². The van der Waals surface area contributed by atoms with E-state index in [1.54, 1.807) is 0 Å². The van der Waals surface area contributed by atoms with Gasteiger partial charge in [0, 0.05) is 24.9 Å². The average Bonchev–Trinajstić information content (AvgIpc) is 3.35. The van der Waals surface area contributed by atoms with Gasteiger partial charge in [0.1, 0.15) is 11.8 Å². The van der Waals surface area contributed by atoms with Gasteiger partial charge in [-0.05, 0) is 13.8 Å². The van der Waals surface area contributed by atoms with Gasteiger partial charge in [-0.15, -0.1) is 11.3 Å². The molecule has 3 heterocycles. The zero-order chi connectivity index (χ0) is 27.0. The van der Waals surface area contributed by atoms with Crippen molar-refractivity contribution in [2.45, 2.75) is 38.0 Å². The van der Waals surface area contributed by atoms with Crippen LogP contribution in [0.1, 0.15) is 26.0 Å². The van der Waals surface area contributed by atoms with Crippen LogP contribution in [0.15, 0.2) is 10.5 Å². The molecule has 2 fully saturated rings. The molecule has 2 saturated heterocycles. The van der Waals surface area contributed by atoms with Crippen molar-refractivity contribution in [3.8, 4) is 0 Å². The Hall–Kier alpha value is -3.35. The van der Waals surface area contributed by atoms with Crippen LogP contribution in [0.2, 0.25) is 0 Å². The predicted molar refractivity (Wildman–Crippen MR) is 122 cm³/mol. The second-order valence-corrected chi connectivity index (χ2v) is 10.7. The van der Waals surface area contributed by atoms with Crippen molar-refractivity contribution < 1.29 is 46.8 Å². The number of β-lactam (4-membered cyclic amide) rings is 1. The second kappa shape index (κ2) is 9.96. The number of cyclic esters (lactones) is 1. The van der Waals surface area contributed by atoms with Crippen molar-refractivity contribution in [2.75, 3.05) is 25.4 Å². The number of hydrogen-bond donors (Lipinski definition) is 4. The molecule has 18 heteroatoms. The molecule has 0 saturated carbocycles. The maximum Gasteiger partial charge on any atom is 0.410 e. The van der Waals surface area contributed by atoms with E-state index in [9.17, 15) is 37.3 Å². The average molecular weight is 549 g/mol. The highest BCUT2D eigenvalue weighted by atomic mass is 32.2. The number of carboxylic acids is 1. The molecule has 198 valence electrons. The number of Topliss-reactive ketones (excluding diaryl/α,β-unsaturated/α-hetero) is 1. The number of ether oxygens (including phenoxy) is 1. The van der Waals surface area contributed by atoms with E-state index in [0.717, 1.165) is 16.2 Å². The number of aromatic nitrogens is 1. The van der Waals surface area contributed by atoms with Crippen LogP contribution >= 0.6 is 11.3 Å². The first-order valence-electron chi connectivity index (χ1n) is 10.4. The number of nitrogens with zero attached hydrogens (tertiary/aromatic N) is 4. The van der Waals surface area contributed by atoms with Gasteiger partial charge < -0.3 is 31.0 Å². The minimum Gasteiger partial charge on any atom is -0.478 e. The fraction of sp³-hybridized carbons (Fsp3) is 0.556. The molecule has 6 N–H and O–H groups in total. The highest BCUT2D eigenvalue weighted by Crippen LogP contribution is 2.34. The number of oxime groups is 1. The number of hydrogen-bond acceptors (Lipinski definition) is 13. The summed E-state index contributed by atoms with van der Waals surface area (Å²) in [5.74, 6) is -4.58. The van der Waals surface area contributed by atoms with Crippen LogP contribution in [0.3, 0.4) is 0 Å². The highest BCUT2D eigenvalue weighted by Gasteiger charge is 2.55. The molecule has 0 unspecified atom stereocenters. The van der Waals surface area contributed by atoms with Crippen LogP contribution in [0.4, 0.5) is 9.93 Å². The Balaban J connectivity index is 1.86. The minimum absolute atomic E-state index is 0.0129. The van der Waals surface area contributed by atoms with Crippen molar-refractivity contribution in [2.24, 2.45) is 16.8 Å². The quantitative estimate of drug-likeness (QED) is 0.109. The van der Waals surface area contributed by atoms with E-state index in [4.69, 9.17) is 21.0 Å². The molecule has 1 aromatic rings. The number of carbonyl (C=O) groups excluding carboxylic acids is 3. The van der Waals surface area contributed by atoms with Crippen LogP contribution < -0.4 is 11.5 Å². The number of anilines is 1. The molecule has 3 rings (SSSR count). The molecule has 3 atom stereocenters. The number of rotatable bonds is 11. The van der Waals surface area contributed by atoms with Crippen LogP contribution in [-0.4, -0.2) is 99.1 Å². The number of nitrogen functional groups attached to an aromatic ring is 1. The number of ketones is 1. The van der Waals surface area contributed by atoms with Crippen molar-refractivity contribution in [1.29, 1.82) is 0 Å². The van der Waals surface area contributed by atoms with Gasteiger partial charge >= 0.3 is 22.4 Å². The zero-order valence-corrected chi connectivity index (χ0v) is 20.7. The molecule has 0 spiro atoms. The summed E-state index contributed by atoms with van der Waals surface area (Å²) in [7, 11) is -5.00. The van der Waals surface area contributed by atoms with Crippen LogP contribution in [0.5, 0.6) is 0 Å². The molecule has 0 radical (unpaired) electrons. The van der Waals surface area contributed by atoms with Gasteiger partial charge in [-0.2, -0.15) is 8.42 Å². The molecular formula is C18H24N6O10S2. The number of carboxylic acid groups (broad SMARTS) is 1. The lowest BCUT2D eigenvalue weighted by atomic mass is 9.84. The largest absolute Gasteiger partial charge is 0.478 e. The summed E-state index contributed by atoms with van der Waals surface area (Å²) in [6.07, 6.45) is -2.06. The van der Waals surface area contributed by atoms with Gasteiger partial charge in [0.25, 0.3) is 0 Å². The van der Waals surface area contributed by atoms with Gasteiger partial charge in [-0.25, -0.2) is 18.9 Å². The maximum absolute atomic E-state index is 13.2. The van der Waals surface area contributed by atoms with E-state index in [2.05, 4.69) is 10.1 Å². The van der Waals surface area contributed by atoms with E-state index >= 15 is 0 Å². The van der Waals surface area contributed by atoms with Crippen molar-refractivity contribution in [3.05, 3.63) is 11.1 Å². The highest BCUT2D eigenvalue weighted by molar-refractivity contribution is 7.84. The molecule has 0 aliphatic carbocycles. The monoisotopic (exact) mass is 548 g/mol. The summed E-state index contributed by atoms with van der Waals surface area (Å²) in [4.78, 5) is 59.2. The van der Waals surface area contributed by atoms with E-state index in [1.165, 1.54) is 19.2 Å². The second-order valence-electron chi connectivity index (χ2n) is 8.48. The Morgan fingerprint density at radius 3 is 2.56 bits per heavy atom. The van der Waals surface area contributed by atoms with Crippen molar-refractivity contribution in [3.63, 3.8) is 0 Å². The lowest BCUT2D eigenvalue weighted by Crippen LogP contribution is -2.66. The van der Waals surface area contributed by atoms with Gasteiger partial charge in [0.05, 0.1) is 18.5 Å². The molecular weight excluding hydrogens is 524 g/mol. The Kier molecular flexibility index (Phi) is 7.53. The molecule has 36 heavy (non-hydrogen) atoms. The van der Waals surface area contributed by atoms with Crippen LogP contribution in [0, 0.1) is 5.92 Å². The molecule has 2 amide bonds. The molecule has 2 aliphatic heterocycles. The van der Waals surface area contributed by atoms with Crippen molar-refractivity contribution in [1.82, 2.24) is 14.2 Å². The summed E-state index contributed by atoms with van der Waals surface area (Å²) >= 11 is 0.963. The first kappa shape index (κ1) is 27.2. The minimum atomic E-state index is -5.00. The third kappa shape index (κ3) is 5.55. The van der Waals surface area contributed by atoms with Gasteiger partial charge in [-0.1, -0.05) is 5.16 Å². The van der Waals surface area contributed by atoms with Crippen LogP contribution in [0.25, 0.3) is 0 Å². The summed E-state index contributed by atoms with van der Waals surface area (Å²) in [6, 6.07) is -1.29.